The fourth-order valence-electron chi connectivity index (χ4n) is 3.38. The maximum absolute atomic E-state index is 12.5. The molecule has 0 bridgehead atoms. The first-order valence-corrected chi connectivity index (χ1v) is 8.86. The van der Waals surface area contributed by atoms with Crippen molar-refractivity contribution in [3.8, 4) is 5.75 Å². The molecule has 0 amide bonds. The van der Waals surface area contributed by atoms with Crippen LogP contribution in [-0.4, -0.2) is 13.1 Å². The molecule has 1 aliphatic rings. The van der Waals surface area contributed by atoms with Gasteiger partial charge < -0.3 is 9.47 Å². The SMILES string of the molecule is COc1ccc2ccccc2c1/C=C1\C=C(c2cc(C)ccc2C)OC1=O. The van der Waals surface area contributed by atoms with Crippen LogP contribution in [0.5, 0.6) is 5.75 Å². The number of methoxy groups -OCH3 is 1. The molecule has 0 saturated heterocycles. The molecule has 3 aromatic rings. The summed E-state index contributed by atoms with van der Waals surface area (Å²) in [6.07, 6.45) is 3.66. The molecular weight excluding hydrogens is 336 g/mol. The number of fused-ring (bicyclic) bond motifs is 1. The van der Waals surface area contributed by atoms with E-state index in [1.165, 1.54) is 0 Å². The van der Waals surface area contributed by atoms with Crippen LogP contribution in [0.2, 0.25) is 0 Å². The Morgan fingerprint density at radius 2 is 1.81 bits per heavy atom. The van der Waals surface area contributed by atoms with Gasteiger partial charge in [-0.2, -0.15) is 0 Å². The molecule has 1 heterocycles. The van der Waals surface area contributed by atoms with Crippen LogP contribution < -0.4 is 4.74 Å². The van der Waals surface area contributed by atoms with Crippen LogP contribution in [0.25, 0.3) is 22.6 Å². The van der Waals surface area contributed by atoms with Crippen LogP contribution in [-0.2, 0) is 9.53 Å². The first-order valence-electron chi connectivity index (χ1n) is 8.86. The zero-order chi connectivity index (χ0) is 19.0. The summed E-state index contributed by atoms with van der Waals surface area (Å²) in [4.78, 5) is 12.5. The summed E-state index contributed by atoms with van der Waals surface area (Å²) in [6, 6.07) is 18.1. The van der Waals surface area contributed by atoms with Crippen molar-refractivity contribution in [3.63, 3.8) is 0 Å². The van der Waals surface area contributed by atoms with Gasteiger partial charge in [-0.15, -0.1) is 0 Å². The molecule has 4 rings (SSSR count). The van der Waals surface area contributed by atoms with Crippen LogP contribution in [0.1, 0.15) is 22.3 Å². The molecule has 0 aromatic heterocycles. The Hall–Kier alpha value is -3.33. The van der Waals surface area contributed by atoms with Crippen molar-refractivity contribution in [1.82, 2.24) is 0 Å². The average molecular weight is 356 g/mol. The van der Waals surface area contributed by atoms with Gasteiger partial charge in [-0.05, 0) is 54.5 Å². The molecule has 3 nitrogen and oxygen atoms in total. The van der Waals surface area contributed by atoms with Crippen molar-refractivity contribution in [1.29, 1.82) is 0 Å². The van der Waals surface area contributed by atoms with E-state index >= 15 is 0 Å². The fourth-order valence-corrected chi connectivity index (χ4v) is 3.38. The van der Waals surface area contributed by atoms with Crippen LogP contribution >= 0.6 is 0 Å². The lowest BCUT2D eigenvalue weighted by Crippen LogP contribution is -1.99. The highest BCUT2D eigenvalue weighted by atomic mass is 16.5. The molecule has 1 aliphatic heterocycles. The van der Waals surface area contributed by atoms with Crippen LogP contribution in [0.4, 0.5) is 0 Å². The minimum absolute atomic E-state index is 0.346. The third-order valence-electron chi connectivity index (χ3n) is 4.83. The third kappa shape index (κ3) is 3.13. The molecule has 0 N–H and O–H groups in total. The normalized spacial score (nSPS) is 15.1. The first kappa shape index (κ1) is 17.1. The summed E-state index contributed by atoms with van der Waals surface area (Å²) in [5.41, 5.74) is 4.53. The summed E-state index contributed by atoms with van der Waals surface area (Å²) < 4.78 is 11.1. The summed E-state index contributed by atoms with van der Waals surface area (Å²) in [5.74, 6) is 0.968. The van der Waals surface area contributed by atoms with E-state index in [-0.39, 0.29) is 5.97 Å². The number of cyclic esters (lactones) is 1. The van der Waals surface area contributed by atoms with Gasteiger partial charge >= 0.3 is 5.97 Å². The molecule has 0 spiro atoms. The van der Waals surface area contributed by atoms with Gasteiger partial charge in [0.2, 0.25) is 0 Å². The van der Waals surface area contributed by atoms with Gasteiger partial charge in [0, 0.05) is 11.1 Å². The van der Waals surface area contributed by atoms with E-state index in [0.29, 0.717) is 11.3 Å². The minimum Gasteiger partial charge on any atom is -0.496 e. The van der Waals surface area contributed by atoms with Gasteiger partial charge in [-0.3, -0.25) is 0 Å². The Balaban J connectivity index is 1.85. The minimum atomic E-state index is -0.346. The number of rotatable bonds is 3. The molecule has 0 aliphatic carbocycles. The zero-order valence-corrected chi connectivity index (χ0v) is 15.6. The molecule has 0 fully saturated rings. The number of ether oxygens (including phenoxy) is 2. The number of hydrogen-bond acceptors (Lipinski definition) is 3. The van der Waals surface area contributed by atoms with Crippen molar-refractivity contribution in [2.45, 2.75) is 13.8 Å². The number of hydrogen-bond donors (Lipinski definition) is 0. The molecular formula is C24H20O3. The van der Waals surface area contributed by atoms with E-state index in [2.05, 4.69) is 0 Å². The summed E-state index contributed by atoms with van der Waals surface area (Å²) >= 11 is 0. The quantitative estimate of drug-likeness (QED) is 0.463. The van der Waals surface area contributed by atoms with Gasteiger partial charge in [0.05, 0.1) is 12.7 Å². The molecule has 134 valence electrons. The average Bonchev–Trinajstić information content (AvgIpc) is 3.04. The molecule has 3 aromatic carbocycles. The maximum Gasteiger partial charge on any atom is 0.343 e. The molecule has 0 unspecified atom stereocenters. The molecule has 3 heteroatoms. The van der Waals surface area contributed by atoms with E-state index in [4.69, 9.17) is 9.47 Å². The third-order valence-corrected chi connectivity index (χ3v) is 4.83. The smallest absolute Gasteiger partial charge is 0.343 e. The number of aryl methyl sites for hydroxylation is 2. The lowest BCUT2D eigenvalue weighted by molar-refractivity contribution is -0.130. The fraction of sp³-hybridized carbons (Fsp3) is 0.125. The van der Waals surface area contributed by atoms with Gasteiger partial charge in [-0.1, -0.05) is 48.0 Å². The van der Waals surface area contributed by atoms with Crippen molar-refractivity contribution < 1.29 is 14.3 Å². The zero-order valence-electron chi connectivity index (χ0n) is 15.6. The van der Waals surface area contributed by atoms with E-state index in [1.807, 2.05) is 80.6 Å². The van der Waals surface area contributed by atoms with E-state index in [0.717, 1.165) is 38.8 Å². The number of carbonyl (C=O) groups excluding carboxylic acids is 1. The van der Waals surface area contributed by atoms with Gasteiger partial charge in [-0.25, -0.2) is 4.79 Å². The lowest BCUT2D eigenvalue weighted by Gasteiger charge is -2.09. The molecule has 0 atom stereocenters. The second-order valence-corrected chi connectivity index (χ2v) is 6.72. The Kier molecular flexibility index (Phi) is 4.28. The van der Waals surface area contributed by atoms with Crippen LogP contribution in [0.3, 0.4) is 0 Å². The Morgan fingerprint density at radius 1 is 1.00 bits per heavy atom. The Morgan fingerprint density at radius 3 is 2.63 bits per heavy atom. The molecule has 0 saturated carbocycles. The summed E-state index contributed by atoms with van der Waals surface area (Å²) in [5, 5.41) is 2.13. The van der Waals surface area contributed by atoms with Gasteiger partial charge in [0.15, 0.2) is 0 Å². The van der Waals surface area contributed by atoms with Crippen molar-refractivity contribution >= 4 is 28.6 Å². The van der Waals surface area contributed by atoms with E-state index < -0.39 is 0 Å². The second kappa shape index (κ2) is 6.76. The number of carbonyl (C=O) groups is 1. The lowest BCUT2D eigenvalue weighted by atomic mass is 10.0. The predicted molar refractivity (Wildman–Crippen MR) is 108 cm³/mol. The number of esters is 1. The number of benzene rings is 3. The highest BCUT2D eigenvalue weighted by molar-refractivity contribution is 6.07. The largest absolute Gasteiger partial charge is 0.496 e. The topological polar surface area (TPSA) is 35.5 Å². The highest BCUT2D eigenvalue weighted by Gasteiger charge is 2.24. The van der Waals surface area contributed by atoms with Crippen LogP contribution in [0, 0.1) is 13.8 Å². The highest BCUT2D eigenvalue weighted by Crippen LogP contribution is 2.34. The Labute approximate surface area is 158 Å². The van der Waals surface area contributed by atoms with E-state index in [9.17, 15) is 4.79 Å². The first-order chi connectivity index (χ1) is 13.1. The summed E-state index contributed by atoms with van der Waals surface area (Å²) in [6.45, 7) is 4.04. The van der Waals surface area contributed by atoms with Gasteiger partial charge in [0.1, 0.15) is 11.5 Å². The van der Waals surface area contributed by atoms with Crippen molar-refractivity contribution in [2.24, 2.45) is 0 Å². The Bertz CT molecular complexity index is 1120. The van der Waals surface area contributed by atoms with Crippen LogP contribution in [0.15, 0.2) is 66.2 Å². The molecule has 0 radical (unpaired) electrons. The molecule has 27 heavy (non-hydrogen) atoms. The maximum atomic E-state index is 12.5. The van der Waals surface area contributed by atoms with E-state index in [1.54, 1.807) is 7.11 Å². The van der Waals surface area contributed by atoms with Gasteiger partial charge in [0.25, 0.3) is 0 Å². The standard InChI is InChI=1S/C24H20O3/c1-15-8-9-16(2)20(12-15)23-14-18(24(25)27-23)13-21-19-7-5-4-6-17(19)10-11-22(21)26-3/h4-14H,1-3H3/b18-13+. The summed E-state index contributed by atoms with van der Waals surface area (Å²) in [7, 11) is 1.64. The predicted octanol–water partition coefficient (Wildman–Crippen LogP) is 5.45. The van der Waals surface area contributed by atoms with Crippen molar-refractivity contribution in [2.75, 3.05) is 7.11 Å². The van der Waals surface area contributed by atoms with Crippen molar-refractivity contribution in [3.05, 3.63) is 88.5 Å². The monoisotopic (exact) mass is 356 g/mol. The second-order valence-electron chi connectivity index (χ2n) is 6.72.